The molecule has 2 N–H and O–H groups in total. The first-order valence-corrected chi connectivity index (χ1v) is 11.6. The fourth-order valence-corrected chi connectivity index (χ4v) is 3.76. The molecule has 0 spiro atoms. The molecule has 2 rings (SSSR count). The minimum Gasteiger partial charge on any atom is -0.452 e. The molecular formula is C22H25N5O5S. The Morgan fingerprint density at radius 1 is 1.09 bits per heavy atom. The largest absolute Gasteiger partial charge is 0.452 e. The number of aryl methyl sites for hydroxylation is 1. The van der Waals surface area contributed by atoms with Crippen molar-refractivity contribution in [1.29, 1.82) is 10.5 Å². The Kier molecular flexibility index (Phi) is 8.74. The van der Waals surface area contributed by atoms with Gasteiger partial charge in [0.25, 0.3) is 5.91 Å². The number of rotatable bonds is 10. The number of amides is 1. The zero-order valence-electron chi connectivity index (χ0n) is 18.4. The maximum atomic E-state index is 12.6. The summed E-state index contributed by atoms with van der Waals surface area (Å²) in [4.78, 5) is 26.3. The van der Waals surface area contributed by atoms with Crippen LogP contribution < -0.4 is 5.14 Å². The third-order valence-corrected chi connectivity index (χ3v) is 5.98. The number of nitrogens with two attached hydrogens (primary N) is 1. The molecule has 33 heavy (non-hydrogen) atoms. The Bertz CT molecular complexity index is 1190. The number of carbonyl (C=O) groups is 2. The van der Waals surface area contributed by atoms with Gasteiger partial charge in [0, 0.05) is 31.0 Å². The van der Waals surface area contributed by atoms with Crippen molar-refractivity contribution in [2.75, 3.05) is 19.7 Å². The smallest absolute Gasteiger partial charge is 0.340 e. The van der Waals surface area contributed by atoms with E-state index >= 15 is 0 Å². The molecule has 0 unspecified atom stereocenters. The van der Waals surface area contributed by atoms with Gasteiger partial charge < -0.3 is 14.2 Å². The van der Waals surface area contributed by atoms with Crippen LogP contribution in [-0.2, 0) is 26.1 Å². The normalized spacial score (nSPS) is 10.8. The van der Waals surface area contributed by atoms with Gasteiger partial charge in [-0.2, -0.15) is 10.5 Å². The molecule has 11 heteroatoms. The molecule has 174 valence electrons. The van der Waals surface area contributed by atoms with E-state index in [4.69, 9.17) is 20.4 Å². The predicted octanol–water partition coefficient (Wildman–Crippen LogP) is 1.61. The lowest BCUT2D eigenvalue weighted by atomic mass is 10.2. The highest BCUT2D eigenvalue weighted by atomic mass is 32.2. The number of esters is 1. The highest BCUT2D eigenvalue weighted by molar-refractivity contribution is 7.89. The van der Waals surface area contributed by atoms with Gasteiger partial charge in [0.1, 0.15) is 0 Å². The highest BCUT2D eigenvalue weighted by Gasteiger charge is 2.20. The molecule has 1 aromatic heterocycles. The summed E-state index contributed by atoms with van der Waals surface area (Å²) >= 11 is 0. The summed E-state index contributed by atoms with van der Waals surface area (Å²) in [5, 5.41) is 22.6. The molecule has 0 saturated heterocycles. The van der Waals surface area contributed by atoms with Crippen molar-refractivity contribution in [3.8, 4) is 12.1 Å². The zero-order valence-corrected chi connectivity index (χ0v) is 19.3. The van der Waals surface area contributed by atoms with Crippen molar-refractivity contribution in [3.05, 3.63) is 52.8 Å². The molecule has 0 fully saturated rings. The number of benzene rings is 1. The Morgan fingerprint density at radius 2 is 1.67 bits per heavy atom. The van der Waals surface area contributed by atoms with Crippen LogP contribution in [-0.4, -0.2) is 49.5 Å². The van der Waals surface area contributed by atoms with Gasteiger partial charge in [-0.05, 0) is 37.6 Å². The van der Waals surface area contributed by atoms with E-state index in [-0.39, 0.29) is 30.8 Å². The quantitative estimate of drug-likeness (QED) is 0.515. The van der Waals surface area contributed by atoms with Crippen LogP contribution in [0.2, 0.25) is 0 Å². The Morgan fingerprint density at radius 3 is 2.18 bits per heavy atom. The first-order chi connectivity index (χ1) is 15.6. The summed E-state index contributed by atoms with van der Waals surface area (Å²) in [5.41, 5.74) is 2.53. The molecular weight excluding hydrogens is 446 g/mol. The molecule has 0 radical (unpaired) electrons. The van der Waals surface area contributed by atoms with Gasteiger partial charge in [-0.15, -0.1) is 0 Å². The van der Waals surface area contributed by atoms with Crippen LogP contribution in [0.15, 0.2) is 35.2 Å². The molecule has 0 bridgehead atoms. The van der Waals surface area contributed by atoms with E-state index in [0.717, 1.165) is 11.3 Å². The third-order valence-electron chi connectivity index (χ3n) is 5.05. The van der Waals surface area contributed by atoms with E-state index in [2.05, 4.69) is 0 Å². The van der Waals surface area contributed by atoms with Crippen molar-refractivity contribution < 1.29 is 22.7 Å². The standard InChI is InChI=1S/C22H25N5O5S/c1-16-13-20(22(29)32-15-21(28)26(11-3-9-23)12-4-10-24)17(2)27(16)14-18-5-7-19(8-6-18)33(25,30)31/h5-8,13H,3-4,11-12,14-15H2,1-2H3,(H2,25,30,31). The SMILES string of the molecule is Cc1cc(C(=O)OCC(=O)N(CCC#N)CCC#N)c(C)n1Cc1ccc(S(N)(=O)=O)cc1. The lowest BCUT2D eigenvalue weighted by molar-refractivity contribution is -0.134. The van der Waals surface area contributed by atoms with E-state index in [1.807, 2.05) is 23.6 Å². The first-order valence-electron chi connectivity index (χ1n) is 10.1. The second kappa shape index (κ2) is 11.3. The van der Waals surface area contributed by atoms with Gasteiger partial charge in [-0.25, -0.2) is 18.4 Å². The van der Waals surface area contributed by atoms with Gasteiger partial charge >= 0.3 is 5.97 Å². The molecule has 0 aliphatic heterocycles. The Hall–Kier alpha value is -3.67. The fourth-order valence-electron chi connectivity index (χ4n) is 3.25. The average Bonchev–Trinajstić information content (AvgIpc) is 3.05. The fraction of sp³-hybridized carbons (Fsp3) is 0.364. The molecule has 0 aliphatic rings. The number of sulfonamides is 1. The van der Waals surface area contributed by atoms with Crippen LogP contribution in [0, 0.1) is 36.5 Å². The predicted molar refractivity (Wildman–Crippen MR) is 118 cm³/mol. The van der Waals surface area contributed by atoms with Crippen molar-refractivity contribution in [2.45, 2.75) is 38.1 Å². The van der Waals surface area contributed by atoms with Gasteiger partial charge in [-0.3, -0.25) is 4.79 Å². The minimum absolute atomic E-state index is 0.0136. The van der Waals surface area contributed by atoms with Gasteiger partial charge in [0.15, 0.2) is 6.61 Å². The van der Waals surface area contributed by atoms with Crippen molar-refractivity contribution >= 4 is 21.9 Å². The van der Waals surface area contributed by atoms with Crippen molar-refractivity contribution in [3.63, 3.8) is 0 Å². The van der Waals surface area contributed by atoms with Crippen LogP contribution in [0.4, 0.5) is 0 Å². The van der Waals surface area contributed by atoms with E-state index in [1.165, 1.54) is 17.0 Å². The topological polar surface area (TPSA) is 159 Å². The number of nitrogens with zero attached hydrogens (tertiary/aromatic N) is 4. The minimum atomic E-state index is -3.78. The van der Waals surface area contributed by atoms with Crippen LogP contribution >= 0.6 is 0 Å². The number of hydrogen-bond acceptors (Lipinski definition) is 7. The molecule has 1 heterocycles. The van der Waals surface area contributed by atoms with Crippen molar-refractivity contribution in [2.24, 2.45) is 5.14 Å². The molecule has 0 aliphatic carbocycles. The summed E-state index contributed by atoms with van der Waals surface area (Å²) in [7, 11) is -3.78. The van der Waals surface area contributed by atoms with Gasteiger partial charge in [0.2, 0.25) is 10.0 Å². The lowest BCUT2D eigenvalue weighted by Gasteiger charge is -2.20. The van der Waals surface area contributed by atoms with Crippen molar-refractivity contribution in [1.82, 2.24) is 9.47 Å². The van der Waals surface area contributed by atoms with Crippen LogP contribution in [0.5, 0.6) is 0 Å². The second-order valence-electron chi connectivity index (χ2n) is 7.33. The van der Waals surface area contributed by atoms with Crippen LogP contribution in [0.25, 0.3) is 0 Å². The van der Waals surface area contributed by atoms with Gasteiger partial charge in [0.05, 0.1) is 35.4 Å². The average molecular weight is 472 g/mol. The van der Waals surface area contributed by atoms with E-state index in [1.54, 1.807) is 25.1 Å². The third kappa shape index (κ3) is 6.91. The highest BCUT2D eigenvalue weighted by Crippen LogP contribution is 2.19. The summed E-state index contributed by atoms with van der Waals surface area (Å²) in [6.45, 7) is 3.79. The van der Waals surface area contributed by atoms with Gasteiger partial charge in [-0.1, -0.05) is 12.1 Å². The number of primary sulfonamides is 1. The monoisotopic (exact) mass is 471 g/mol. The number of nitriles is 2. The molecule has 2 aromatic rings. The summed E-state index contributed by atoms with van der Waals surface area (Å²) in [5.74, 6) is -1.13. The first kappa shape index (κ1) is 25.6. The Labute approximate surface area is 192 Å². The molecule has 0 atom stereocenters. The van der Waals surface area contributed by atoms with E-state index < -0.39 is 28.5 Å². The number of hydrogen-bond donors (Lipinski definition) is 1. The lowest BCUT2D eigenvalue weighted by Crippen LogP contribution is -2.36. The summed E-state index contributed by atoms with van der Waals surface area (Å²) < 4.78 is 29.9. The van der Waals surface area contributed by atoms with E-state index in [0.29, 0.717) is 17.8 Å². The Balaban J connectivity index is 2.08. The second-order valence-corrected chi connectivity index (χ2v) is 8.89. The molecule has 1 aromatic carbocycles. The number of aromatic nitrogens is 1. The maximum absolute atomic E-state index is 12.6. The zero-order chi connectivity index (χ0) is 24.6. The molecule has 1 amide bonds. The van der Waals surface area contributed by atoms with Crippen LogP contribution in [0.1, 0.15) is 40.2 Å². The summed E-state index contributed by atoms with van der Waals surface area (Å²) in [6.07, 6.45) is 0.231. The molecule has 10 nitrogen and oxygen atoms in total. The number of carbonyl (C=O) groups excluding carboxylic acids is 2. The number of ether oxygens (including phenoxy) is 1. The molecule has 0 saturated carbocycles. The maximum Gasteiger partial charge on any atom is 0.340 e. The summed E-state index contributed by atoms with van der Waals surface area (Å²) in [6, 6.07) is 11.7. The van der Waals surface area contributed by atoms with Crippen LogP contribution in [0.3, 0.4) is 0 Å². The van der Waals surface area contributed by atoms with E-state index in [9.17, 15) is 18.0 Å².